The first-order valence-corrected chi connectivity index (χ1v) is 9.50. The molecule has 4 rings (SSSR count). The zero-order valence-corrected chi connectivity index (χ0v) is 16.2. The molecular formula is C22H17FN2O2S. The summed E-state index contributed by atoms with van der Waals surface area (Å²) in [5.41, 5.74) is 2.73. The van der Waals surface area contributed by atoms with E-state index in [1.165, 1.54) is 28.8 Å². The molecule has 6 heteroatoms. The van der Waals surface area contributed by atoms with E-state index in [9.17, 15) is 9.18 Å². The van der Waals surface area contributed by atoms with E-state index in [0.717, 1.165) is 16.8 Å². The van der Waals surface area contributed by atoms with E-state index in [0.29, 0.717) is 21.6 Å². The van der Waals surface area contributed by atoms with E-state index >= 15 is 0 Å². The highest BCUT2D eigenvalue weighted by Gasteiger charge is 2.30. The van der Waals surface area contributed by atoms with Gasteiger partial charge in [-0.3, -0.25) is 9.69 Å². The van der Waals surface area contributed by atoms with E-state index in [1.54, 1.807) is 37.4 Å². The fourth-order valence-corrected chi connectivity index (χ4v) is 3.68. The first-order valence-electron chi connectivity index (χ1n) is 8.68. The van der Waals surface area contributed by atoms with Gasteiger partial charge in [-0.2, -0.15) is 0 Å². The molecule has 3 aromatic rings. The van der Waals surface area contributed by atoms with Gasteiger partial charge < -0.3 is 4.42 Å². The Kier molecular flexibility index (Phi) is 4.88. The number of aliphatic imine (C=N–C) groups is 1. The largest absolute Gasteiger partial charge is 0.457 e. The Hall–Kier alpha value is -3.12. The molecule has 4 nitrogen and oxygen atoms in total. The van der Waals surface area contributed by atoms with E-state index in [1.807, 2.05) is 31.2 Å². The maximum absolute atomic E-state index is 13.1. The Morgan fingerprint density at radius 2 is 1.75 bits per heavy atom. The maximum Gasteiger partial charge on any atom is 0.266 e. The monoisotopic (exact) mass is 392 g/mol. The number of hydrogen-bond donors (Lipinski definition) is 0. The van der Waals surface area contributed by atoms with Crippen molar-refractivity contribution in [1.82, 2.24) is 4.90 Å². The summed E-state index contributed by atoms with van der Waals surface area (Å²) in [7, 11) is 1.70. The molecule has 0 bridgehead atoms. The molecule has 1 saturated heterocycles. The van der Waals surface area contributed by atoms with Gasteiger partial charge in [-0.05, 0) is 67.2 Å². The van der Waals surface area contributed by atoms with Crippen LogP contribution in [0.1, 0.15) is 11.3 Å². The van der Waals surface area contributed by atoms with Crippen molar-refractivity contribution in [3.63, 3.8) is 0 Å². The molecule has 0 saturated carbocycles. The third kappa shape index (κ3) is 3.77. The van der Waals surface area contributed by atoms with Crippen LogP contribution < -0.4 is 0 Å². The molecule has 0 spiro atoms. The van der Waals surface area contributed by atoms with Crippen molar-refractivity contribution < 1.29 is 13.6 Å². The van der Waals surface area contributed by atoms with Crippen molar-refractivity contribution in [3.8, 4) is 11.3 Å². The molecule has 1 aromatic heterocycles. The SMILES string of the molecule is Cc1ccc(N=C2S/C(=C/c3ccc(-c4ccc(F)cc4)o3)C(=O)N2C)cc1. The second kappa shape index (κ2) is 7.48. The molecule has 2 heterocycles. The number of benzene rings is 2. The minimum Gasteiger partial charge on any atom is -0.457 e. The fourth-order valence-electron chi connectivity index (χ4n) is 2.71. The van der Waals surface area contributed by atoms with Crippen molar-refractivity contribution in [2.75, 3.05) is 7.05 Å². The van der Waals surface area contributed by atoms with Gasteiger partial charge in [-0.1, -0.05) is 17.7 Å². The van der Waals surface area contributed by atoms with E-state index in [-0.39, 0.29) is 11.7 Å². The Morgan fingerprint density at radius 1 is 1.04 bits per heavy atom. The number of rotatable bonds is 3. The molecule has 1 aliphatic rings. The van der Waals surface area contributed by atoms with Gasteiger partial charge in [0.25, 0.3) is 5.91 Å². The summed E-state index contributed by atoms with van der Waals surface area (Å²) in [6, 6.07) is 17.5. The number of aryl methyl sites for hydroxylation is 1. The van der Waals surface area contributed by atoms with Crippen molar-refractivity contribution in [2.45, 2.75) is 6.92 Å². The summed E-state index contributed by atoms with van der Waals surface area (Å²) >= 11 is 1.31. The Labute approximate surface area is 166 Å². The molecule has 0 N–H and O–H groups in total. The van der Waals surface area contributed by atoms with Crippen LogP contribution in [0.3, 0.4) is 0 Å². The first-order chi connectivity index (χ1) is 13.5. The number of carbonyl (C=O) groups excluding carboxylic acids is 1. The van der Waals surface area contributed by atoms with E-state index in [4.69, 9.17) is 4.42 Å². The van der Waals surface area contributed by atoms with Crippen molar-refractivity contribution >= 4 is 34.6 Å². The number of amidine groups is 1. The van der Waals surface area contributed by atoms with Gasteiger partial charge in [-0.15, -0.1) is 0 Å². The van der Waals surface area contributed by atoms with Crippen LogP contribution in [0.5, 0.6) is 0 Å². The molecule has 1 amide bonds. The summed E-state index contributed by atoms with van der Waals surface area (Å²) in [4.78, 5) is 19.2. The number of nitrogens with zero attached hydrogens (tertiary/aromatic N) is 2. The molecule has 140 valence electrons. The third-order valence-corrected chi connectivity index (χ3v) is 5.35. The highest BCUT2D eigenvalue weighted by Crippen LogP contribution is 2.34. The second-order valence-electron chi connectivity index (χ2n) is 6.41. The van der Waals surface area contributed by atoms with Crippen molar-refractivity contribution in [3.05, 3.63) is 82.7 Å². The normalized spacial score (nSPS) is 17.1. The first kappa shape index (κ1) is 18.3. The lowest BCUT2D eigenvalue weighted by molar-refractivity contribution is -0.121. The Bertz CT molecular complexity index is 1080. The van der Waals surface area contributed by atoms with Gasteiger partial charge in [0.05, 0.1) is 10.6 Å². The molecular weight excluding hydrogens is 375 g/mol. The van der Waals surface area contributed by atoms with Gasteiger partial charge in [0.15, 0.2) is 5.17 Å². The Balaban J connectivity index is 1.57. The molecule has 0 radical (unpaired) electrons. The van der Waals surface area contributed by atoms with Gasteiger partial charge in [-0.25, -0.2) is 9.38 Å². The molecule has 2 aromatic carbocycles. The van der Waals surface area contributed by atoms with Crippen LogP contribution in [0.15, 0.2) is 75.0 Å². The number of furan rings is 1. The third-order valence-electron chi connectivity index (χ3n) is 4.29. The number of likely N-dealkylation sites (N-methyl/N-ethyl adjacent to an activating group) is 1. The Morgan fingerprint density at radius 3 is 2.46 bits per heavy atom. The van der Waals surface area contributed by atoms with Gasteiger partial charge in [0.2, 0.25) is 0 Å². The minimum atomic E-state index is -0.297. The van der Waals surface area contributed by atoms with Crippen LogP contribution in [-0.4, -0.2) is 23.0 Å². The zero-order valence-electron chi connectivity index (χ0n) is 15.3. The highest BCUT2D eigenvalue weighted by atomic mass is 32.2. The summed E-state index contributed by atoms with van der Waals surface area (Å²) < 4.78 is 18.9. The lowest BCUT2D eigenvalue weighted by Gasteiger charge is -2.07. The average Bonchev–Trinajstić information content (AvgIpc) is 3.25. The summed E-state index contributed by atoms with van der Waals surface area (Å²) in [5.74, 6) is 0.744. The molecule has 0 aliphatic carbocycles. The van der Waals surface area contributed by atoms with Gasteiger partial charge >= 0.3 is 0 Å². The van der Waals surface area contributed by atoms with Crippen LogP contribution in [0.4, 0.5) is 10.1 Å². The van der Waals surface area contributed by atoms with Crippen molar-refractivity contribution in [2.24, 2.45) is 4.99 Å². The number of halogens is 1. The van der Waals surface area contributed by atoms with E-state index < -0.39 is 0 Å². The number of carbonyl (C=O) groups is 1. The summed E-state index contributed by atoms with van der Waals surface area (Å²) in [6.45, 7) is 2.02. The quantitative estimate of drug-likeness (QED) is 0.543. The summed E-state index contributed by atoms with van der Waals surface area (Å²) in [5, 5.41) is 0.616. The maximum atomic E-state index is 13.1. The molecule has 28 heavy (non-hydrogen) atoms. The second-order valence-corrected chi connectivity index (χ2v) is 7.42. The average molecular weight is 392 g/mol. The van der Waals surface area contributed by atoms with Crippen LogP contribution >= 0.6 is 11.8 Å². The molecule has 0 unspecified atom stereocenters. The van der Waals surface area contributed by atoms with Gasteiger partial charge in [0.1, 0.15) is 17.3 Å². The zero-order chi connectivity index (χ0) is 19.7. The van der Waals surface area contributed by atoms with Gasteiger partial charge in [0, 0.05) is 18.7 Å². The smallest absolute Gasteiger partial charge is 0.266 e. The fraction of sp³-hybridized carbons (Fsp3) is 0.0909. The summed E-state index contributed by atoms with van der Waals surface area (Å²) in [6.07, 6.45) is 1.70. The standard InChI is InChI=1S/C22H17FN2O2S/c1-14-3-9-17(10-4-14)24-22-25(2)21(26)20(28-22)13-18-11-12-19(27-18)15-5-7-16(23)8-6-15/h3-13H,1-2H3/b20-13+,24-22?. The van der Waals surface area contributed by atoms with Crippen LogP contribution in [0, 0.1) is 12.7 Å². The lowest BCUT2D eigenvalue weighted by Crippen LogP contribution is -2.23. The molecule has 0 atom stereocenters. The minimum absolute atomic E-state index is 0.129. The van der Waals surface area contributed by atoms with Crippen molar-refractivity contribution in [1.29, 1.82) is 0 Å². The lowest BCUT2D eigenvalue weighted by atomic mass is 10.2. The number of hydrogen-bond acceptors (Lipinski definition) is 4. The number of thioether (sulfide) groups is 1. The predicted octanol–water partition coefficient (Wildman–Crippen LogP) is 5.63. The van der Waals surface area contributed by atoms with E-state index in [2.05, 4.69) is 4.99 Å². The predicted molar refractivity (Wildman–Crippen MR) is 111 cm³/mol. The highest BCUT2D eigenvalue weighted by molar-refractivity contribution is 8.18. The number of amides is 1. The van der Waals surface area contributed by atoms with Crippen LogP contribution in [0.2, 0.25) is 0 Å². The molecule has 1 aliphatic heterocycles. The van der Waals surface area contributed by atoms with Crippen LogP contribution in [-0.2, 0) is 4.79 Å². The molecule has 1 fully saturated rings. The van der Waals surface area contributed by atoms with Crippen LogP contribution in [0.25, 0.3) is 17.4 Å². The topological polar surface area (TPSA) is 45.8 Å².